The summed E-state index contributed by atoms with van der Waals surface area (Å²) >= 11 is 5.91. The van der Waals surface area contributed by atoms with Crippen LogP contribution in [0.2, 0.25) is 5.02 Å². The summed E-state index contributed by atoms with van der Waals surface area (Å²) in [5.41, 5.74) is 2.41. The number of rotatable bonds is 7. The first-order chi connectivity index (χ1) is 14.7. The van der Waals surface area contributed by atoms with Crippen molar-refractivity contribution < 1.29 is 9.53 Å². The molecular weight excluding hydrogens is 394 g/mol. The fourth-order valence-corrected chi connectivity index (χ4v) is 3.27. The van der Waals surface area contributed by atoms with Gasteiger partial charge in [-0.15, -0.1) is 0 Å². The molecule has 4 heteroatoms. The molecule has 1 unspecified atom stereocenters. The first kappa shape index (κ1) is 19.7. The number of hydrogen-bond donors (Lipinski definition) is 1. The Kier molecular flexibility index (Phi) is 6.11. The van der Waals surface area contributed by atoms with Crippen LogP contribution in [0, 0.1) is 0 Å². The number of ketones is 1. The highest BCUT2D eigenvalue weighted by Gasteiger charge is 2.21. The summed E-state index contributed by atoms with van der Waals surface area (Å²) in [6.07, 6.45) is 0. The van der Waals surface area contributed by atoms with Crippen LogP contribution in [0.3, 0.4) is 0 Å². The van der Waals surface area contributed by atoms with Gasteiger partial charge in [-0.2, -0.15) is 0 Å². The van der Waals surface area contributed by atoms with Crippen LogP contribution >= 0.6 is 11.6 Å². The second kappa shape index (κ2) is 9.29. The summed E-state index contributed by atoms with van der Waals surface area (Å²) < 4.78 is 5.84. The van der Waals surface area contributed by atoms with E-state index in [-0.39, 0.29) is 5.78 Å². The molecule has 0 radical (unpaired) electrons. The van der Waals surface area contributed by atoms with Crippen molar-refractivity contribution in [2.45, 2.75) is 6.04 Å². The van der Waals surface area contributed by atoms with Gasteiger partial charge in [0, 0.05) is 16.3 Å². The van der Waals surface area contributed by atoms with Gasteiger partial charge < -0.3 is 10.1 Å². The van der Waals surface area contributed by atoms with Gasteiger partial charge in [0.2, 0.25) is 0 Å². The van der Waals surface area contributed by atoms with Crippen LogP contribution in [-0.4, -0.2) is 5.78 Å². The molecule has 30 heavy (non-hydrogen) atoms. The third-order valence-electron chi connectivity index (χ3n) is 4.67. The first-order valence-corrected chi connectivity index (χ1v) is 10.0. The fourth-order valence-electron chi connectivity index (χ4n) is 3.14. The third-order valence-corrected chi connectivity index (χ3v) is 4.92. The average Bonchev–Trinajstić information content (AvgIpc) is 2.81. The molecule has 0 heterocycles. The Hall–Kier alpha value is -3.56. The van der Waals surface area contributed by atoms with Crippen molar-refractivity contribution in [3.63, 3.8) is 0 Å². The number of carbonyl (C=O) groups excluding carboxylic acids is 1. The quantitative estimate of drug-likeness (QED) is 0.326. The molecule has 4 aromatic carbocycles. The zero-order valence-electron chi connectivity index (χ0n) is 16.2. The molecule has 148 valence electrons. The van der Waals surface area contributed by atoms with Crippen LogP contribution in [0.1, 0.15) is 22.0 Å². The van der Waals surface area contributed by atoms with E-state index in [1.54, 1.807) is 12.1 Å². The van der Waals surface area contributed by atoms with Crippen molar-refractivity contribution >= 4 is 23.1 Å². The molecular formula is C26H20ClNO2. The Balaban J connectivity index is 1.54. The lowest BCUT2D eigenvalue weighted by atomic mass is 9.97. The number of nitrogens with one attached hydrogen (secondary N) is 1. The lowest BCUT2D eigenvalue weighted by molar-refractivity contribution is 0.0969. The average molecular weight is 414 g/mol. The third kappa shape index (κ3) is 4.88. The van der Waals surface area contributed by atoms with Crippen molar-refractivity contribution in [2.24, 2.45) is 0 Å². The molecule has 0 amide bonds. The van der Waals surface area contributed by atoms with Gasteiger partial charge in [0.15, 0.2) is 5.78 Å². The molecule has 1 atom stereocenters. The Morgan fingerprint density at radius 3 is 1.83 bits per heavy atom. The lowest BCUT2D eigenvalue weighted by Crippen LogP contribution is -2.21. The second-order valence-electron chi connectivity index (χ2n) is 6.80. The minimum Gasteiger partial charge on any atom is -0.457 e. The van der Waals surface area contributed by atoms with E-state index in [0.29, 0.717) is 22.1 Å². The summed E-state index contributed by atoms with van der Waals surface area (Å²) in [4.78, 5) is 13.2. The molecule has 0 spiro atoms. The largest absolute Gasteiger partial charge is 0.457 e. The predicted molar refractivity (Wildman–Crippen MR) is 122 cm³/mol. The van der Waals surface area contributed by atoms with E-state index in [4.69, 9.17) is 16.3 Å². The van der Waals surface area contributed by atoms with Gasteiger partial charge in [0.25, 0.3) is 0 Å². The fraction of sp³-hybridized carbons (Fsp3) is 0.0385. The van der Waals surface area contributed by atoms with Crippen molar-refractivity contribution in [2.75, 3.05) is 5.32 Å². The summed E-state index contributed by atoms with van der Waals surface area (Å²) in [6, 6.07) is 33.3. The van der Waals surface area contributed by atoms with Crippen LogP contribution in [0.25, 0.3) is 0 Å². The smallest absolute Gasteiger partial charge is 0.189 e. The molecule has 4 rings (SSSR count). The number of anilines is 1. The van der Waals surface area contributed by atoms with E-state index in [1.165, 1.54) is 0 Å². The Morgan fingerprint density at radius 2 is 1.23 bits per heavy atom. The number of benzene rings is 4. The molecule has 0 aromatic heterocycles. The Labute approximate surface area is 180 Å². The SMILES string of the molecule is O=C(c1ccccc1)C(Nc1ccc(Oc2ccc(Cl)cc2)cc1)c1ccccc1. The van der Waals surface area contributed by atoms with Gasteiger partial charge in [-0.05, 0) is 54.1 Å². The standard InChI is InChI=1S/C26H20ClNO2/c27-21-11-15-23(16-12-21)30-24-17-13-22(14-18-24)28-25(19-7-3-1-4-8-19)26(29)20-9-5-2-6-10-20/h1-18,25,28H. The van der Waals surface area contributed by atoms with Crippen LogP contribution in [-0.2, 0) is 0 Å². The zero-order chi connectivity index (χ0) is 20.8. The molecule has 3 nitrogen and oxygen atoms in total. The van der Waals surface area contributed by atoms with Crippen LogP contribution < -0.4 is 10.1 Å². The molecule has 1 N–H and O–H groups in total. The molecule has 0 saturated carbocycles. The van der Waals surface area contributed by atoms with Crippen LogP contribution in [0.4, 0.5) is 5.69 Å². The van der Waals surface area contributed by atoms with Gasteiger partial charge in [0.05, 0.1) is 0 Å². The topological polar surface area (TPSA) is 38.3 Å². The van der Waals surface area contributed by atoms with E-state index in [9.17, 15) is 4.79 Å². The van der Waals surface area contributed by atoms with Crippen molar-refractivity contribution in [1.82, 2.24) is 0 Å². The van der Waals surface area contributed by atoms with Crippen molar-refractivity contribution in [3.05, 3.63) is 125 Å². The number of hydrogen-bond acceptors (Lipinski definition) is 3. The maximum absolute atomic E-state index is 13.2. The lowest BCUT2D eigenvalue weighted by Gasteiger charge is -2.20. The Morgan fingerprint density at radius 1 is 0.700 bits per heavy atom. The van der Waals surface area contributed by atoms with E-state index >= 15 is 0 Å². The van der Waals surface area contributed by atoms with Gasteiger partial charge in [-0.25, -0.2) is 0 Å². The van der Waals surface area contributed by atoms with Crippen molar-refractivity contribution in [3.8, 4) is 11.5 Å². The normalized spacial score (nSPS) is 11.5. The van der Waals surface area contributed by atoms with Gasteiger partial charge in [-0.3, -0.25) is 4.79 Å². The summed E-state index contributed by atoms with van der Waals surface area (Å²) in [7, 11) is 0. The van der Waals surface area contributed by atoms with E-state index in [2.05, 4.69) is 5.32 Å². The van der Waals surface area contributed by atoms with Gasteiger partial charge in [0.1, 0.15) is 17.5 Å². The van der Waals surface area contributed by atoms with Crippen LogP contribution in [0.5, 0.6) is 11.5 Å². The highest BCUT2D eigenvalue weighted by Crippen LogP contribution is 2.27. The number of Topliss-reactive ketones (excluding diaryl/α,β-unsaturated/α-hetero) is 1. The van der Waals surface area contributed by atoms with E-state index < -0.39 is 6.04 Å². The highest BCUT2D eigenvalue weighted by atomic mass is 35.5. The summed E-state index contributed by atoms with van der Waals surface area (Å²) in [5.74, 6) is 1.43. The van der Waals surface area contributed by atoms with Gasteiger partial charge >= 0.3 is 0 Å². The second-order valence-corrected chi connectivity index (χ2v) is 7.24. The molecule has 0 saturated heterocycles. The Bertz CT molecular complexity index is 1100. The monoisotopic (exact) mass is 413 g/mol. The number of ether oxygens (including phenoxy) is 1. The zero-order valence-corrected chi connectivity index (χ0v) is 16.9. The predicted octanol–water partition coefficient (Wildman–Crippen LogP) is 7.17. The highest BCUT2D eigenvalue weighted by molar-refractivity contribution is 6.30. The minimum atomic E-state index is -0.489. The summed E-state index contributed by atoms with van der Waals surface area (Å²) in [6.45, 7) is 0. The molecule has 0 aliphatic heterocycles. The minimum absolute atomic E-state index is 0.0169. The molecule has 0 aliphatic rings. The molecule has 4 aromatic rings. The van der Waals surface area contributed by atoms with E-state index in [0.717, 1.165) is 11.3 Å². The number of carbonyl (C=O) groups is 1. The van der Waals surface area contributed by atoms with Crippen molar-refractivity contribution in [1.29, 1.82) is 0 Å². The maximum atomic E-state index is 13.2. The van der Waals surface area contributed by atoms with E-state index in [1.807, 2.05) is 97.1 Å². The van der Waals surface area contributed by atoms with Gasteiger partial charge in [-0.1, -0.05) is 72.3 Å². The first-order valence-electron chi connectivity index (χ1n) is 9.63. The molecule has 0 aliphatic carbocycles. The number of halogens is 1. The maximum Gasteiger partial charge on any atom is 0.189 e. The summed E-state index contributed by atoms with van der Waals surface area (Å²) in [5, 5.41) is 4.03. The van der Waals surface area contributed by atoms with Crippen LogP contribution in [0.15, 0.2) is 109 Å². The molecule has 0 fully saturated rings. The molecule has 0 bridgehead atoms.